The second-order valence-electron chi connectivity index (χ2n) is 1.99. The predicted molar refractivity (Wildman–Crippen MR) is 38.0 cm³/mol. The van der Waals surface area contributed by atoms with Crippen LogP contribution in [0.3, 0.4) is 0 Å². The van der Waals surface area contributed by atoms with Crippen molar-refractivity contribution in [3.05, 3.63) is 0 Å². The van der Waals surface area contributed by atoms with Crippen molar-refractivity contribution in [1.82, 2.24) is 5.32 Å². The summed E-state index contributed by atoms with van der Waals surface area (Å²) >= 11 is 0. The molecule has 4 N–H and O–H groups in total. The van der Waals surface area contributed by atoms with Gasteiger partial charge in [-0.05, 0) is 25.8 Å². The zero-order chi connectivity index (χ0) is 6.95. The Morgan fingerprint density at radius 1 is 1.22 bits per heavy atom. The van der Waals surface area contributed by atoms with Crippen LogP contribution in [0.25, 0.3) is 0 Å². The monoisotopic (exact) mass is 132 g/mol. The van der Waals surface area contributed by atoms with E-state index in [1.165, 1.54) is 0 Å². The van der Waals surface area contributed by atoms with E-state index in [9.17, 15) is 0 Å². The standard InChI is InChI=1S/C6H16N2O/c7-6-8-4-2-1-3-5-9/h8-9H,1-7H2. The summed E-state index contributed by atoms with van der Waals surface area (Å²) in [6.45, 7) is 1.83. The molecule has 3 nitrogen and oxygen atoms in total. The van der Waals surface area contributed by atoms with Gasteiger partial charge in [-0.1, -0.05) is 0 Å². The van der Waals surface area contributed by atoms with Crippen molar-refractivity contribution in [1.29, 1.82) is 0 Å². The quantitative estimate of drug-likeness (QED) is 0.342. The second kappa shape index (κ2) is 7.88. The van der Waals surface area contributed by atoms with E-state index in [1.807, 2.05) is 0 Å². The summed E-state index contributed by atoms with van der Waals surface area (Å²) < 4.78 is 0. The van der Waals surface area contributed by atoms with Gasteiger partial charge in [0.15, 0.2) is 0 Å². The normalized spacial score (nSPS) is 10.0. The summed E-state index contributed by atoms with van der Waals surface area (Å²) in [6.07, 6.45) is 3.10. The molecule has 0 bridgehead atoms. The zero-order valence-corrected chi connectivity index (χ0v) is 5.77. The van der Waals surface area contributed by atoms with Crippen LogP contribution in [0.1, 0.15) is 19.3 Å². The topological polar surface area (TPSA) is 58.3 Å². The molecule has 3 heteroatoms. The van der Waals surface area contributed by atoms with E-state index in [-0.39, 0.29) is 0 Å². The number of rotatable bonds is 6. The lowest BCUT2D eigenvalue weighted by molar-refractivity contribution is 0.283. The predicted octanol–water partition coefficient (Wildman–Crippen LogP) is -0.345. The minimum Gasteiger partial charge on any atom is -0.396 e. The van der Waals surface area contributed by atoms with Crippen molar-refractivity contribution >= 4 is 0 Å². The molecule has 9 heavy (non-hydrogen) atoms. The Balaban J connectivity index is 2.60. The Labute approximate surface area is 56.2 Å². The molecule has 0 aromatic rings. The number of aliphatic hydroxyl groups excluding tert-OH is 1. The number of hydrogen-bond donors (Lipinski definition) is 3. The van der Waals surface area contributed by atoms with E-state index < -0.39 is 0 Å². The van der Waals surface area contributed by atoms with Crippen molar-refractivity contribution in [3.63, 3.8) is 0 Å². The molecule has 0 amide bonds. The van der Waals surface area contributed by atoms with Gasteiger partial charge in [-0.2, -0.15) is 0 Å². The molecule has 0 radical (unpaired) electrons. The molecule has 0 saturated heterocycles. The molecular formula is C6H16N2O. The highest BCUT2D eigenvalue weighted by atomic mass is 16.2. The van der Waals surface area contributed by atoms with Gasteiger partial charge in [0.2, 0.25) is 0 Å². The number of nitrogens with two attached hydrogens (primary N) is 1. The van der Waals surface area contributed by atoms with Gasteiger partial charge in [0.05, 0.1) is 0 Å². The largest absolute Gasteiger partial charge is 0.396 e. The SMILES string of the molecule is NCNCCCCCO. The molecule has 0 spiro atoms. The van der Waals surface area contributed by atoms with Crippen LogP contribution < -0.4 is 11.1 Å². The number of hydrogen-bond acceptors (Lipinski definition) is 3. The fourth-order valence-electron chi connectivity index (χ4n) is 0.641. The van der Waals surface area contributed by atoms with Crippen molar-refractivity contribution in [2.24, 2.45) is 5.73 Å². The first kappa shape index (κ1) is 8.88. The van der Waals surface area contributed by atoms with Gasteiger partial charge in [-0.15, -0.1) is 0 Å². The van der Waals surface area contributed by atoms with E-state index in [0.717, 1.165) is 25.8 Å². The van der Waals surface area contributed by atoms with Gasteiger partial charge in [0, 0.05) is 13.3 Å². The molecule has 56 valence electrons. The molecule has 0 aliphatic heterocycles. The third-order valence-corrected chi connectivity index (χ3v) is 1.16. The van der Waals surface area contributed by atoms with Gasteiger partial charge < -0.3 is 16.2 Å². The fourth-order valence-corrected chi connectivity index (χ4v) is 0.641. The van der Waals surface area contributed by atoms with E-state index >= 15 is 0 Å². The summed E-state index contributed by atoms with van der Waals surface area (Å²) in [4.78, 5) is 0. The molecule has 0 rings (SSSR count). The second-order valence-corrected chi connectivity index (χ2v) is 1.99. The van der Waals surface area contributed by atoms with Crippen LogP contribution in [-0.2, 0) is 0 Å². The summed E-state index contributed by atoms with van der Waals surface area (Å²) in [7, 11) is 0. The molecule has 0 saturated carbocycles. The van der Waals surface area contributed by atoms with Crippen LogP contribution >= 0.6 is 0 Å². The lowest BCUT2D eigenvalue weighted by Crippen LogP contribution is -2.23. The van der Waals surface area contributed by atoms with E-state index in [4.69, 9.17) is 10.8 Å². The molecule has 0 fully saturated rings. The Hall–Kier alpha value is -0.120. The molecule has 0 unspecified atom stereocenters. The molecule has 0 aromatic carbocycles. The minimum atomic E-state index is 0.308. The molecule has 0 aliphatic rings. The van der Waals surface area contributed by atoms with Crippen LogP contribution in [0.15, 0.2) is 0 Å². The maximum atomic E-state index is 8.38. The smallest absolute Gasteiger partial charge is 0.0431 e. The van der Waals surface area contributed by atoms with E-state index in [2.05, 4.69) is 5.32 Å². The van der Waals surface area contributed by atoms with Crippen molar-refractivity contribution in [3.8, 4) is 0 Å². The summed E-state index contributed by atoms with van der Waals surface area (Å²) in [5, 5.41) is 11.4. The lowest BCUT2D eigenvalue weighted by atomic mass is 10.2. The Morgan fingerprint density at radius 3 is 2.56 bits per heavy atom. The average molecular weight is 132 g/mol. The van der Waals surface area contributed by atoms with Gasteiger partial charge in [-0.3, -0.25) is 0 Å². The van der Waals surface area contributed by atoms with Crippen LogP contribution in [0.4, 0.5) is 0 Å². The zero-order valence-electron chi connectivity index (χ0n) is 5.77. The molecule has 0 heterocycles. The highest BCUT2D eigenvalue weighted by molar-refractivity contribution is 4.43. The first-order chi connectivity index (χ1) is 4.41. The number of aliphatic hydroxyl groups is 1. The maximum absolute atomic E-state index is 8.38. The maximum Gasteiger partial charge on any atom is 0.0431 e. The van der Waals surface area contributed by atoms with Crippen molar-refractivity contribution in [2.75, 3.05) is 19.8 Å². The van der Waals surface area contributed by atoms with Crippen LogP contribution in [0, 0.1) is 0 Å². The Morgan fingerprint density at radius 2 is 2.00 bits per heavy atom. The van der Waals surface area contributed by atoms with Crippen LogP contribution in [0.5, 0.6) is 0 Å². The highest BCUT2D eigenvalue weighted by Gasteiger charge is 1.85. The molecule has 0 aromatic heterocycles. The number of nitrogens with one attached hydrogen (secondary N) is 1. The summed E-state index contributed by atoms with van der Waals surface area (Å²) in [5.74, 6) is 0. The minimum absolute atomic E-state index is 0.308. The number of unbranched alkanes of at least 4 members (excludes halogenated alkanes) is 2. The summed E-state index contributed by atoms with van der Waals surface area (Å²) in [6, 6.07) is 0. The first-order valence-corrected chi connectivity index (χ1v) is 3.43. The fraction of sp³-hybridized carbons (Fsp3) is 1.00. The van der Waals surface area contributed by atoms with Crippen LogP contribution in [-0.4, -0.2) is 24.9 Å². The molecular weight excluding hydrogens is 116 g/mol. The van der Waals surface area contributed by atoms with E-state index in [0.29, 0.717) is 13.3 Å². The van der Waals surface area contributed by atoms with Gasteiger partial charge in [0.25, 0.3) is 0 Å². The highest BCUT2D eigenvalue weighted by Crippen LogP contribution is 1.90. The van der Waals surface area contributed by atoms with E-state index in [1.54, 1.807) is 0 Å². The van der Waals surface area contributed by atoms with Gasteiger partial charge in [-0.25, -0.2) is 0 Å². The first-order valence-electron chi connectivity index (χ1n) is 3.43. The lowest BCUT2D eigenvalue weighted by Gasteiger charge is -1.98. The third kappa shape index (κ3) is 7.88. The Kier molecular flexibility index (Phi) is 7.77. The van der Waals surface area contributed by atoms with Crippen molar-refractivity contribution in [2.45, 2.75) is 19.3 Å². The average Bonchev–Trinajstić information content (AvgIpc) is 1.89. The van der Waals surface area contributed by atoms with Gasteiger partial charge >= 0.3 is 0 Å². The third-order valence-electron chi connectivity index (χ3n) is 1.16. The molecule has 0 aliphatic carbocycles. The van der Waals surface area contributed by atoms with Crippen molar-refractivity contribution < 1.29 is 5.11 Å². The van der Waals surface area contributed by atoms with Crippen LogP contribution in [0.2, 0.25) is 0 Å². The molecule has 0 atom stereocenters. The summed E-state index contributed by atoms with van der Waals surface area (Å²) in [5.41, 5.74) is 5.18. The Bertz CT molecular complexity index is 44.3. The van der Waals surface area contributed by atoms with Gasteiger partial charge in [0.1, 0.15) is 0 Å².